The van der Waals surface area contributed by atoms with Crippen molar-refractivity contribution in [2.45, 2.75) is 89.1 Å². The Morgan fingerprint density at radius 2 is 1.37 bits per heavy atom. The fourth-order valence-electron chi connectivity index (χ4n) is 2.91. The number of aliphatic hydroxyl groups excluding tert-OH is 5. The van der Waals surface area contributed by atoms with Crippen LogP contribution in [0.5, 0.6) is 0 Å². The van der Waals surface area contributed by atoms with Gasteiger partial charge in [-0.05, 0) is 19.4 Å². The Morgan fingerprint density at radius 1 is 0.852 bits per heavy atom. The first-order chi connectivity index (χ1) is 12.9. The summed E-state index contributed by atoms with van der Waals surface area (Å²) in [5.41, 5.74) is 5.50. The highest BCUT2D eigenvalue weighted by atomic mass is 16.4. The lowest BCUT2D eigenvalue weighted by atomic mass is 10.0. The van der Waals surface area contributed by atoms with E-state index in [2.05, 4.69) is 6.92 Å². The molecule has 0 heterocycles. The molecule has 27 heavy (non-hydrogen) atoms. The third-order valence-electron chi connectivity index (χ3n) is 4.73. The van der Waals surface area contributed by atoms with Crippen LogP contribution in [0.1, 0.15) is 64.7 Å². The Hall–Kier alpha value is -0.770. The molecule has 0 unspecified atom stereocenters. The zero-order chi connectivity index (χ0) is 20.7. The van der Waals surface area contributed by atoms with Crippen molar-refractivity contribution in [3.05, 3.63) is 0 Å². The van der Waals surface area contributed by atoms with Gasteiger partial charge in [0.25, 0.3) is 5.91 Å². The van der Waals surface area contributed by atoms with E-state index < -0.39 is 36.9 Å². The van der Waals surface area contributed by atoms with Gasteiger partial charge in [-0.25, -0.2) is 0 Å². The van der Waals surface area contributed by atoms with Gasteiger partial charge < -0.3 is 36.2 Å². The van der Waals surface area contributed by atoms with E-state index >= 15 is 0 Å². The maximum Gasteiger partial charge on any atom is 0.254 e. The van der Waals surface area contributed by atoms with Crippen molar-refractivity contribution >= 4 is 5.91 Å². The average molecular weight is 393 g/mol. The van der Waals surface area contributed by atoms with Gasteiger partial charge in [0.15, 0.2) is 6.10 Å². The van der Waals surface area contributed by atoms with Gasteiger partial charge in [-0.3, -0.25) is 4.79 Å². The van der Waals surface area contributed by atoms with Crippen molar-refractivity contribution in [1.29, 1.82) is 0 Å². The molecule has 0 rings (SSSR count). The zero-order valence-corrected chi connectivity index (χ0v) is 16.7. The standard InChI is InChI=1S/C19H40N2O6/c1-2-3-4-5-6-7-8-9-12-21(13-10-11-20)19(27)18(26)17(25)16(24)15(23)14-22/h15-18,22-26H,2-14,20H2,1H3/t15-,16-,17+,18-/m1/s1. The van der Waals surface area contributed by atoms with E-state index in [0.717, 1.165) is 19.3 Å². The number of amides is 1. The molecule has 7 N–H and O–H groups in total. The van der Waals surface area contributed by atoms with E-state index in [-0.39, 0.29) is 0 Å². The molecule has 8 nitrogen and oxygen atoms in total. The number of hydrogen-bond donors (Lipinski definition) is 6. The van der Waals surface area contributed by atoms with Crippen LogP contribution >= 0.6 is 0 Å². The first-order valence-electron chi connectivity index (χ1n) is 10.2. The first-order valence-corrected chi connectivity index (χ1v) is 10.2. The highest BCUT2D eigenvalue weighted by Gasteiger charge is 2.36. The zero-order valence-electron chi connectivity index (χ0n) is 16.7. The Balaban J connectivity index is 4.44. The molecular weight excluding hydrogens is 352 g/mol. The van der Waals surface area contributed by atoms with E-state index in [1.165, 1.54) is 37.0 Å². The van der Waals surface area contributed by atoms with Crippen molar-refractivity contribution in [3.63, 3.8) is 0 Å². The summed E-state index contributed by atoms with van der Waals surface area (Å²) in [4.78, 5) is 13.9. The average Bonchev–Trinajstić information content (AvgIpc) is 2.69. The molecule has 0 fully saturated rings. The van der Waals surface area contributed by atoms with Crippen LogP contribution in [0.3, 0.4) is 0 Å². The molecule has 0 aromatic carbocycles. The van der Waals surface area contributed by atoms with E-state index in [0.29, 0.717) is 26.1 Å². The predicted molar refractivity (Wildman–Crippen MR) is 104 cm³/mol. The molecule has 1 amide bonds. The third-order valence-corrected chi connectivity index (χ3v) is 4.73. The highest BCUT2D eigenvalue weighted by Crippen LogP contribution is 2.12. The largest absolute Gasteiger partial charge is 0.394 e. The molecule has 0 saturated heterocycles. The summed E-state index contributed by atoms with van der Waals surface area (Å²) in [6.07, 6.45) is 2.36. The van der Waals surface area contributed by atoms with Crippen LogP contribution in [0.25, 0.3) is 0 Å². The van der Waals surface area contributed by atoms with Gasteiger partial charge in [-0.15, -0.1) is 0 Å². The van der Waals surface area contributed by atoms with Gasteiger partial charge in [0.2, 0.25) is 0 Å². The summed E-state index contributed by atoms with van der Waals surface area (Å²) in [6.45, 7) is 2.59. The number of unbranched alkanes of at least 4 members (excludes halogenated alkanes) is 7. The second-order valence-electron chi connectivity index (χ2n) is 7.12. The second kappa shape index (κ2) is 16.2. The molecule has 0 aliphatic heterocycles. The van der Waals surface area contributed by atoms with E-state index in [9.17, 15) is 25.2 Å². The highest BCUT2D eigenvalue weighted by molar-refractivity contribution is 5.81. The number of aliphatic hydroxyl groups is 5. The number of nitrogens with two attached hydrogens (primary N) is 1. The number of hydrogen-bond acceptors (Lipinski definition) is 7. The fraction of sp³-hybridized carbons (Fsp3) is 0.947. The van der Waals surface area contributed by atoms with Gasteiger partial charge in [0.05, 0.1) is 6.61 Å². The van der Waals surface area contributed by atoms with Crippen LogP contribution in [0.15, 0.2) is 0 Å². The summed E-state index contributed by atoms with van der Waals surface area (Å²) >= 11 is 0. The lowest BCUT2D eigenvalue weighted by molar-refractivity contribution is -0.158. The van der Waals surface area contributed by atoms with Gasteiger partial charge in [-0.1, -0.05) is 51.9 Å². The maximum atomic E-state index is 12.5. The Bertz CT molecular complexity index is 372. The minimum Gasteiger partial charge on any atom is -0.394 e. The number of carbonyl (C=O) groups is 1. The summed E-state index contributed by atoms with van der Waals surface area (Å²) in [5, 5.41) is 47.9. The van der Waals surface area contributed by atoms with E-state index in [1.54, 1.807) is 0 Å². The topological polar surface area (TPSA) is 147 Å². The molecule has 0 aliphatic rings. The lowest BCUT2D eigenvalue weighted by Crippen LogP contribution is -2.53. The minimum atomic E-state index is -1.88. The van der Waals surface area contributed by atoms with E-state index in [1.807, 2.05) is 0 Å². The smallest absolute Gasteiger partial charge is 0.254 e. The molecule has 8 heteroatoms. The molecule has 0 spiro atoms. The van der Waals surface area contributed by atoms with Crippen LogP contribution < -0.4 is 5.73 Å². The SMILES string of the molecule is CCCCCCCCCCN(CCCN)C(=O)[C@H](O)[C@@H](O)[C@H](O)[C@H](O)CO. The third kappa shape index (κ3) is 11.0. The molecule has 0 saturated carbocycles. The van der Waals surface area contributed by atoms with Crippen LogP contribution in [0.2, 0.25) is 0 Å². The van der Waals surface area contributed by atoms with Gasteiger partial charge >= 0.3 is 0 Å². The van der Waals surface area contributed by atoms with Crippen molar-refractivity contribution in [1.82, 2.24) is 4.90 Å². The molecule has 0 aromatic heterocycles. The van der Waals surface area contributed by atoms with Gasteiger partial charge in [0.1, 0.15) is 18.3 Å². The number of carbonyl (C=O) groups excluding carboxylic acids is 1. The second-order valence-corrected chi connectivity index (χ2v) is 7.12. The molecular formula is C19H40N2O6. The summed E-state index contributed by atoms with van der Waals surface area (Å²) in [6, 6.07) is 0. The quantitative estimate of drug-likeness (QED) is 0.187. The molecule has 0 radical (unpaired) electrons. The van der Waals surface area contributed by atoms with Crippen LogP contribution in [-0.2, 0) is 4.79 Å². The molecule has 4 atom stereocenters. The monoisotopic (exact) mass is 392 g/mol. The molecule has 0 aliphatic carbocycles. The van der Waals surface area contributed by atoms with Gasteiger partial charge in [0, 0.05) is 13.1 Å². The fourth-order valence-corrected chi connectivity index (χ4v) is 2.91. The maximum absolute atomic E-state index is 12.5. The summed E-state index contributed by atoms with van der Waals surface area (Å²) < 4.78 is 0. The van der Waals surface area contributed by atoms with Crippen LogP contribution in [0, 0.1) is 0 Å². The number of rotatable bonds is 17. The van der Waals surface area contributed by atoms with E-state index in [4.69, 9.17) is 10.8 Å². The number of nitrogens with zero attached hydrogens (tertiary/aromatic N) is 1. The molecule has 0 aromatic rings. The Kier molecular flexibility index (Phi) is 15.7. The van der Waals surface area contributed by atoms with Crippen LogP contribution in [0.4, 0.5) is 0 Å². The van der Waals surface area contributed by atoms with Crippen molar-refractivity contribution in [3.8, 4) is 0 Å². The molecule has 0 bridgehead atoms. The Labute approximate surface area is 163 Å². The van der Waals surface area contributed by atoms with Crippen molar-refractivity contribution in [2.75, 3.05) is 26.2 Å². The lowest BCUT2D eigenvalue weighted by Gasteiger charge is -2.30. The normalized spacial score (nSPS) is 16.0. The van der Waals surface area contributed by atoms with Gasteiger partial charge in [-0.2, -0.15) is 0 Å². The Morgan fingerprint density at radius 3 is 1.89 bits per heavy atom. The summed E-state index contributed by atoms with van der Waals surface area (Å²) in [5.74, 6) is -0.705. The minimum absolute atomic E-state index is 0.355. The summed E-state index contributed by atoms with van der Waals surface area (Å²) in [7, 11) is 0. The van der Waals surface area contributed by atoms with Crippen molar-refractivity contribution < 1.29 is 30.3 Å². The first kappa shape index (κ1) is 26.2. The predicted octanol–water partition coefficient (Wildman–Crippen LogP) is -0.260. The van der Waals surface area contributed by atoms with Crippen molar-refractivity contribution in [2.24, 2.45) is 5.73 Å². The van der Waals surface area contributed by atoms with Crippen LogP contribution in [-0.4, -0.2) is 87.0 Å². The molecule has 162 valence electrons.